The Hall–Kier alpha value is -1.58. The average molecular weight is 1330 g/mol. The van der Waals surface area contributed by atoms with Crippen LogP contribution in [0.4, 0.5) is 0 Å². The van der Waals surface area contributed by atoms with E-state index in [1.54, 1.807) is 7.11 Å². The van der Waals surface area contributed by atoms with Crippen molar-refractivity contribution in [2.75, 3.05) is 223 Å². The van der Waals surface area contributed by atoms with Crippen LogP contribution in [-0.4, -0.2) is 259 Å². The minimum Gasteiger partial charge on any atom is -0.470 e. The number of rotatable bonds is 26. The molecule has 1 aromatic rings. The van der Waals surface area contributed by atoms with Gasteiger partial charge >= 0.3 is 0 Å². The van der Waals surface area contributed by atoms with Gasteiger partial charge in [-0.05, 0) is 76.7 Å². The summed E-state index contributed by atoms with van der Waals surface area (Å²) in [5.74, 6) is 0.756. The summed E-state index contributed by atoms with van der Waals surface area (Å²) in [4.78, 5) is 12.5. The Morgan fingerprint density at radius 3 is 1.10 bits per heavy atom. The van der Waals surface area contributed by atoms with Crippen LogP contribution in [0, 0.1) is 76.4 Å². The summed E-state index contributed by atoms with van der Waals surface area (Å²) in [5.41, 5.74) is 1.24. The highest BCUT2D eigenvalue weighted by Crippen LogP contribution is 2.13. The van der Waals surface area contributed by atoms with Gasteiger partial charge in [0, 0.05) is 155 Å². The molecule has 0 amide bonds. The van der Waals surface area contributed by atoms with Gasteiger partial charge in [-0.1, -0.05) is 30.3 Å². The van der Waals surface area contributed by atoms with E-state index in [2.05, 4.69) is 132 Å². The average Bonchev–Trinajstić information content (AvgIpc) is 4.57. The molecule has 0 bridgehead atoms. The van der Waals surface area contributed by atoms with Crippen LogP contribution < -0.4 is 49.0 Å². The first-order valence-corrected chi connectivity index (χ1v) is 35.7. The molecule has 7 aliphatic heterocycles. The second-order valence-corrected chi connectivity index (χ2v) is 27.1. The highest BCUT2D eigenvalue weighted by atomic mass is 16.5. The topological polar surface area (TPSA) is 137 Å². The van der Waals surface area contributed by atoms with Crippen LogP contribution in [0.25, 0.3) is 0 Å². The fourth-order valence-corrected chi connectivity index (χ4v) is 10.2. The second kappa shape index (κ2) is 65.1. The van der Waals surface area contributed by atoms with Crippen molar-refractivity contribution in [2.45, 2.75) is 146 Å². The first-order valence-electron chi connectivity index (χ1n) is 35.7. The van der Waals surface area contributed by atoms with Gasteiger partial charge in [-0.25, -0.2) is 0 Å². The second-order valence-electron chi connectivity index (χ2n) is 27.1. The molecule has 0 aliphatic carbocycles. The number of nitrogens with one attached hydrogen (secondary N) is 10. The number of hydrogen-bond acceptors (Lipinski definition) is 10. The normalized spacial score (nSPS) is 24.8. The third-order valence-corrected chi connectivity index (χ3v) is 15.8. The van der Waals surface area contributed by atoms with Crippen LogP contribution in [0.5, 0.6) is 0 Å². The van der Waals surface area contributed by atoms with E-state index in [9.17, 15) is 0 Å². The van der Waals surface area contributed by atoms with Crippen molar-refractivity contribution in [1.82, 2.24) is 0 Å². The smallest absolute Gasteiger partial charge is 0.111 e. The van der Waals surface area contributed by atoms with Gasteiger partial charge in [0.15, 0.2) is 0 Å². The van der Waals surface area contributed by atoms with Gasteiger partial charge < -0.3 is 96.4 Å². The first kappa shape index (κ1) is 93.5. The Labute approximate surface area is 575 Å². The molecule has 7 heterocycles. The van der Waals surface area contributed by atoms with Gasteiger partial charge in [0.1, 0.15) is 24.4 Å². The van der Waals surface area contributed by atoms with Crippen molar-refractivity contribution in [3.05, 3.63) is 106 Å². The zero-order chi connectivity index (χ0) is 69.9. The SMILES string of the molecule is [CH2-][NH+](C)C1CCCOC1.[CH2-][NH+](C)C1CCOC1.[CH2-][NH+](C)C1COC1.[CH2-][NH+](C)CC1CCCCO1.[CH2-][NH+](C)CC1CCCO1.[CH2-][NH+](C)CC1CCCO1.[CH2-][NH+](C)CC1CCCOC1.[CH2-][NH+](C)CCCOC.[CH2-][NH+](C)CCCOCC.[CH2-][NH+](C)CCCOCc1ccccc1. The Bertz CT molecular complexity index is 1580. The van der Waals surface area contributed by atoms with Gasteiger partial charge in [0.25, 0.3) is 0 Å². The first-order chi connectivity index (χ1) is 44.4. The lowest BCUT2D eigenvalue weighted by molar-refractivity contribution is -0.871. The molecule has 16 atom stereocenters. The predicted octanol–water partition coefficient (Wildman–Crippen LogP) is -4.28. The number of likely N-dealkylation sites (N-methyl/N-ethyl adjacent to an activating group) is 6. The molecule has 10 N–H and O–H groups in total. The van der Waals surface area contributed by atoms with Crippen molar-refractivity contribution in [1.29, 1.82) is 0 Å². The number of benzene rings is 1. The van der Waals surface area contributed by atoms with E-state index in [4.69, 9.17) is 47.4 Å². The molecule has 0 saturated carbocycles. The molecular weight excluding hydrogens is 1180 g/mol. The van der Waals surface area contributed by atoms with Gasteiger partial charge in [-0.2, -0.15) is 70.5 Å². The summed E-state index contributed by atoms with van der Waals surface area (Å²) in [6, 6.07) is 12.2. The van der Waals surface area contributed by atoms with Crippen molar-refractivity contribution < 1.29 is 96.4 Å². The number of hydrogen-bond donors (Lipinski definition) is 10. The molecule has 16 unspecified atom stereocenters. The van der Waals surface area contributed by atoms with E-state index in [1.165, 1.54) is 132 Å². The molecule has 7 saturated heterocycles. The van der Waals surface area contributed by atoms with E-state index >= 15 is 0 Å². The van der Waals surface area contributed by atoms with Gasteiger partial charge in [0.05, 0.1) is 124 Å². The van der Waals surface area contributed by atoms with Crippen LogP contribution in [-0.2, 0) is 54.0 Å². The lowest BCUT2D eigenvalue weighted by Gasteiger charge is -2.33. The number of quaternary nitrogens is 10. The van der Waals surface area contributed by atoms with E-state index < -0.39 is 0 Å². The molecule has 7 aliphatic rings. The summed E-state index contributed by atoms with van der Waals surface area (Å²) in [7, 11) is 60.7. The van der Waals surface area contributed by atoms with Crippen LogP contribution in [0.3, 0.4) is 0 Å². The predicted molar refractivity (Wildman–Crippen MR) is 378 cm³/mol. The molecule has 20 heteroatoms. The maximum Gasteiger partial charge on any atom is 0.111 e. The standard InChI is InChI=1S/C12H19NO.2C8H17NO.3C7H15NO.C7H17NO.C6H13NO.C6H15NO.C5H11NO/c1-13(2)9-6-10-14-11-12-7-4-3-5-8-12;1-9(2)6-8-4-3-5-10-7-8;1-9(2)7-8-5-3-4-6-10-8;1-8(2)7-4-3-5-9-6-7;2*1-8(2)6-7-4-3-5-9-7;1-4-9-7-5-6-8(2)3;1-7(2)6-3-4-8-5-6;1-7(2)5-4-6-8-3;1-6(2)5-3-7-4-5/h3-5,7-8,13H,1,6,9-11H2,2H3;2*8-9H,1,3-7H2,2H3;3*7-8H,1,3-6H2,2H3;8H,2,4-7H2,1,3H3;6-7H,1,3-5H2,2H3;7H,1,4-6H2,2-3H3;5-6H,1,3-4H2,2H3. The minimum atomic E-state index is 0.478. The quantitative estimate of drug-likeness (QED) is 0.0329. The molecule has 0 radical (unpaired) electrons. The van der Waals surface area contributed by atoms with Gasteiger partial charge in [0.2, 0.25) is 0 Å². The van der Waals surface area contributed by atoms with Gasteiger partial charge in [-0.3, -0.25) is 0 Å². The summed E-state index contributed by atoms with van der Waals surface area (Å²) in [5, 5.41) is 0. The number of ether oxygens (including phenoxy) is 10. The van der Waals surface area contributed by atoms with Gasteiger partial charge in [-0.15, -0.1) is 0 Å². The summed E-state index contributed by atoms with van der Waals surface area (Å²) in [6.45, 7) is 23.9. The summed E-state index contributed by atoms with van der Waals surface area (Å²) >= 11 is 0. The minimum absolute atomic E-state index is 0.478. The number of methoxy groups -OCH3 is 1. The Morgan fingerprint density at radius 1 is 0.387 bits per heavy atom. The third kappa shape index (κ3) is 64.8. The van der Waals surface area contributed by atoms with Crippen molar-refractivity contribution >= 4 is 0 Å². The zero-order valence-corrected chi connectivity index (χ0v) is 62.5. The summed E-state index contributed by atoms with van der Waals surface area (Å²) < 4.78 is 52.6. The van der Waals surface area contributed by atoms with Crippen molar-refractivity contribution in [2.24, 2.45) is 5.92 Å². The lowest BCUT2D eigenvalue weighted by Crippen LogP contribution is -3.11. The van der Waals surface area contributed by atoms with Crippen LogP contribution in [0.2, 0.25) is 0 Å². The van der Waals surface area contributed by atoms with Crippen molar-refractivity contribution in [3.8, 4) is 0 Å². The zero-order valence-electron chi connectivity index (χ0n) is 62.5. The molecule has 0 spiro atoms. The molecule has 0 aromatic heterocycles. The van der Waals surface area contributed by atoms with E-state index in [0.717, 1.165) is 177 Å². The Balaban J connectivity index is 0. The third-order valence-electron chi connectivity index (χ3n) is 15.8. The highest BCUT2D eigenvalue weighted by molar-refractivity contribution is 5.13. The Kier molecular flexibility index (Phi) is 65.4. The monoisotopic (exact) mass is 1330 g/mol. The maximum atomic E-state index is 5.53. The van der Waals surface area contributed by atoms with E-state index in [1.807, 2.05) is 46.3 Å². The fraction of sp³-hybridized carbons (Fsp3) is 0.781. The maximum absolute atomic E-state index is 5.53. The highest BCUT2D eigenvalue weighted by Gasteiger charge is 2.21. The molecule has 7 fully saturated rings. The van der Waals surface area contributed by atoms with E-state index in [-0.39, 0.29) is 0 Å². The molecule has 20 nitrogen and oxygen atoms in total. The molecule has 556 valence electrons. The largest absolute Gasteiger partial charge is 0.470 e. The fourth-order valence-electron chi connectivity index (χ4n) is 10.2. The van der Waals surface area contributed by atoms with Crippen LogP contribution in [0.15, 0.2) is 30.3 Å². The van der Waals surface area contributed by atoms with Crippen LogP contribution >= 0.6 is 0 Å². The lowest BCUT2D eigenvalue weighted by atomic mass is 10.0. The molecule has 93 heavy (non-hydrogen) atoms. The van der Waals surface area contributed by atoms with Crippen molar-refractivity contribution in [3.63, 3.8) is 0 Å². The van der Waals surface area contributed by atoms with E-state index in [0.29, 0.717) is 36.4 Å². The van der Waals surface area contributed by atoms with Crippen LogP contribution in [0.1, 0.15) is 109 Å². The molecular formula is C73H154N10O10. The molecule has 8 rings (SSSR count). The summed E-state index contributed by atoms with van der Waals surface area (Å²) in [6.07, 6.45) is 19.7. The molecule has 1 aromatic carbocycles. The Morgan fingerprint density at radius 2 is 0.785 bits per heavy atom.